The van der Waals surface area contributed by atoms with Crippen LogP contribution in [0.5, 0.6) is 0 Å². The van der Waals surface area contributed by atoms with E-state index < -0.39 is 5.60 Å². The number of aromatic nitrogens is 2. The highest BCUT2D eigenvalue weighted by atomic mass is 35.5. The third kappa shape index (κ3) is 7.07. The zero-order valence-electron chi connectivity index (χ0n) is 18.4. The van der Waals surface area contributed by atoms with Crippen LogP contribution < -0.4 is 5.32 Å². The molecule has 0 aliphatic heterocycles. The number of nitrogens with one attached hydrogen (secondary N) is 1. The number of aryl methyl sites for hydroxylation is 1. The molecule has 5 nitrogen and oxygen atoms in total. The van der Waals surface area contributed by atoms with Crippen LogP contribution in [0.3, 0.4) is 0 Å². The van der Waals surface area contributed by atoms with Crippen molar-refractivity contribution >= 4 is 46.4 Å². The molecule has 1 heterocycles. The molecule has 3 aromatic rings. The molecule has 0 saturated carbocycles. The third-order valence-electron chi connectivity index (χ3n) is 4.43. The molecule has 1 aromatic heterocycles. The summed E-state index contributed by atoms with van der Waals surface area (Å²) in [5.74, 6) is 1.18. The van der Waals surface area contributed by atoms with Crippen molar-refractivity contribution in [2.75, 3.05) is 11.9 Å². The van der Waals surface area contributed by atoms with E-state index in [1.165, 1.54) is 0 Å². The number of hydrogen-bond donors (Lipinski definition) is 1. The summed E-state index contributed by atoms with van der Waals surface area (Å²) in [5, 5.41) is 5.03. The lowest BCUT2D eigenvalue weighted by atomic mass is 10.1. The number of carbonyl (C=O) groups excluding carboxylic acids is 1. The van der Waals surface area contributed by atoms with Crippen LogP contribution in [0.25, 0.3) is 23.1 Å². The average Bonchev–Trinajstić information content (AvgIpc) is 2.69. The van der Waals surface area contributed by atoms with Crippen LogP contribution in [-0.4, -0.2) is 28.1 Å². The number of esters is 1. The Morgan fingerprint density at radius 3 is 2.55 bits per heavy atom. The fourth-order valence-electron chi connectivity index (χ4n) is 3.05. The van der Waals surface area contributed by atoms with E-state index in [0.717, 1.165) is 27.8 Å². The highest BCUT2D eigenvalue weighted by Gasteiger charge is 2.15. The van der Waals surface area contributed by atoms with E-state index in [9.17, 15) is 4.79 Å². The van der Waals surface area contributed by atoms with Gasteiger partial charge >= 0.3 is 5.97 Å². The summed E-state index contributed by atoms with van der Waals surface area (Å²) in [4.78, 5) is 21.3. The molecule has 0 radical (unpaired) electrons. The molecule has 31 heavy (non-hydrogen) atoms. The normalized spacial score (nSPS) is 11.8. The molecule has 1 N–H and O–H groups in total. The zero-order chi connectivity index (χ0) is 22.4. The molecule has 0 aliphatic rings. The first-order chi connectivity index (χ1) is 14.7. The second kappa shape index (κ2) is 9.92. The first-order valence-electron chi connectivity index (χ1n) is 10.4. The van der Waals surface area contributed by atoms with Gasteiger partial charge in [0.15, 0.2) is 5.82 Å². The molecule has 0 spiro atoms. The lowest BCUT2D eigenvalue weighted by Gasteiger charge is -2.19. The van der Waals surface area contributed by atoms with Crippen molar-refractivity contribution < 1.29 is 9.53 Å². The number of nitrogens with zero attached hydrogens (tertiary/aromatic N) is 2. The maximum Gasteiger partial charge on any atom is 0.306 e. The number of anilines is 1. The van der Waals surface area contributed by atoms with Crippen molar-refractivity contribution in [1.29, 1.82) is 0 Å². The summed E-state index contributed by atoms with van der Waals surface area (Å²) in [6, 6.07) is 13.7. The highest BCUT2D eigenvalue weighted by Crippen LogP contribution is 2.23. The van der Waals surface area contributed by atoms with Crippen molar-refractivity contribution in [3.63, 3.8) is 0 Å². The standard InChI is InChI=1S/C25H28ClN3O2/c1-17-7-13-21-20(16-17)24(27-15-5-6-23(30)31-25(2,3)4)29-22(28-21)14-10-18-8-11-19(26)12-9-18/h7-14,16H,5-6,15H2,1-4H3,(H,27,28,29)/b14-10+. The molecule has 6 heteroatoms. The Kier molecular flexibility index (Phi) is 7.29. The minimum Gasteiger partial charge on any atom is -0.460 e. The van der Waals surface area contributed by atoms with Crippen molar-refractivity contribution in [2.24, 2.45) is 0 Å². The largest absolute Gasteiger partial charge is 0.460 e. The molecular formula is C25H28ClN3O2. The van der Waals surface area contributed by atoms with E-state index in [1.54, 1.807) is 0 Å². The Balaban J connectivity index is 1.74. The van der Waals surface area contributed by atoms with Gasteiger partial charge in [-0.05, 0) is 70.0 Å². The minimum atomic E-state index is -0.462. The predicted molar refractivity (Wildman–Crippen MR) is 128 cm³/mol. The molecule has 2 aromatic carbocycles. The molecule has 0 atom stereocenters. The second-order valence-electron chi connectivity index (χ2n) is 8.45. The Hall–Kier alpha value is -2.92. The molecule has 0 aliphatic carbocycles. The van der Waals surface area contributed by atoms with Gasteiger partial charge in [0, 0.05) is 23.4 Å². The van der Waals surface area contributed by atoms with Crippen LogP contribution in [0.15, 0.2) is 42.5 Å². The Bertz CT molecular complexity index is 1090. The monoisotopic (exact) mass is 437 g/mol. The van der Waals surface area contributed by atoms with Crippen LogP contribution in [0.2, 0.25) is 5.02 Å². The topological polar surface area (TPSA) is 64.1 Å². The molecule has 0 fully saturated rings. The molecule has 0 bridgehead atoms. The molecule has 0 amide bonds. The first kappa shape index (κ1) is 22.8. The SMILES string of the molecule is Cc1ccc2nc(/C=C/c3ccc(Cl)cc3)nc(NCCCC(=O)OC(C)(C)C)c2c1. The van der Waals surface area contributed by atoms with E-state index >= 15 is 0 Å². The lowest BCUT2D eigenvalue weighted by Crippen LogP contribution is -2.24. The van der Waals surface area contributed by atoms with Gasteiger partial charge < -0.3 is 10.1 Å². The summed E-state index contributed by atoms with van der Waals surface area (Å²) in [5.41, 5.74) is 2.56. The average molecular weight is 438 g/mol. The van der Waals surface area contributed by atoms with Crippen LogP contribution in [-0.2, 0) is 9.53 Å². The predicted octanol–water partition coefficient (Wildman–Crippen LogP) is 6.30. The number of benzene rings is 2. The smallest absolute Gasteiger partial charge is 0.306 e. The van der Waals surface area contributed by atoms with E-state index in [-0.39, 0.29) is 5.97 Å². The van der Waals surface area contributed by atoms with Gasteiger partial charge in [-0.2, -0.15) is 0 Å². The van der Waals surface area contributed by atoms with E-state index in [4.69, 9.17) is 21.3 Å². The first-order valence-corrected chi connectivity index (χ1v) is 10.8. The number of hydrogen-bond acceptors (Lipinski definition) is 5. The molecule has 3 rings (SSSR count). The maximum absolute atomic E-state index is 11.9. The molecular weight excluding hydrogens is 410 g/mol. The number of carbonyl (C=O) groups is 1. The van der Waals surface area contributed by atoms with Crippen molar-refractivity contribution in [3.05, 3.63) is 64.4 Å². The quantitative estimate of drug-likeness (QED) is 0.347. The van der Waals surface area contributed by atoms with Gasteiger partial charge in [-0.3, -0.25) is 4.79 Å². The van der Waals surface area contributed by atoms with Crippen LogP contribution >= 0.6 is 11.6 Å². The lowest BCUT2D eigenvalue weighted by molar-refractivity contribution is -0.154. The third-order valence-corrected chi connectivity index (χ3v) is 4.69. The summed E-state index contributed by atoms with van der Waals surface area (Å²) in [6.07, 6.45) is 4.85. The van der Waals surface area contributed by atoms with Crippen molar-refractivity contribution in [3.8, 4) is 0 Å². The van der Waals surface area contributed by atoms with Gasteiger partial charge in [-0.15, -0.1) is 0 Å². The van der Waals surface area contributed by atoms with E-state index in [0.29, 0.717) is 30.2 Å². The Morgan fingerprint density at radius 2 is 1.84 bits per heavy atom. The van der Waals surface area contributed by atoms with Crippen LogP contribution in [0, 0.1) is 6.92 Å². The number of halogens is 1. The Labute approximate surface area is 188 Å². The van der Waals surface area contributed by atoms with Crippen molar-refractivity contribution in [1.82, 2.24) is 9.97 Å². The Morgan fingerprint density at radius 1 is 1.10 bits per heavy atom. The van der Waals surface area contributed by atoms with Gasteiger partial charge in [0.2, 0.25) is 0 Å². The summed E-state index contributed by atoms with van der Waals surface area (Å²) in [6.45, 7) is 8.27. The molecule has 0 saturated heterocycles. The van der Waals surface area contributed by atoms with Gasteiger partial charge in [0.25, 0.3) is 0 Å². The fourth-order valence-corrected chi connectivity index (χ4v) is 3.17. The van der Waals surface area contributed by atoms with E-state index in [1.807, 2.05) is 76.2 Å². The fraction of sp³-hybridized carbons (Fsp3) is 0.320. The summed E-state index contributed by atoms with van der Waals surface area (Å²) < 4.78 is 5.37. The highest BCUT2D eigenvalue weighted by molar-refractivity contribution is 6.30. The van der Waals surface area contributed by atoms with Gasteiger partial charge in [0.1, 0.15) is 11.4 Å². The van der Waals surface area contributed by atoms with Crippen LogP contribution in [0.1, 0.15) is 50.6 Å². The minimum absolute atomic E-state index is 0.190. The number of fused-ring (bicyclic) bond motifs is 1. The van der Waals surface area contributed by atoms with Crippen LogP contribution in [0.4, 0.5) is 5.82 Å². The summed E-state index contributed by atoms with van der Waals surface area (Å²) in [7, 11) is 0. The number of ether oxygens (including phenoxy) is 1. The number of rotatable bonds is 7. The van der Waals surface area contributed by atoms with Gasteiger partial charge in [-0.1, -0.05) is 41.4 Å². The van der Waals surface area contributed by atoms with Gasteiger partial charge in [-0.25, -0.2) is 9.97 Å². The second-order valence-corrected chi connectivity index (χ2v) is 8.89. The molecule has 0 unspecified atom stereocenters. The molecule has 162 valence electrons. The van der Waals surface area contributed by atoms with Gasteiger partial charge in [0.05, 0.1) is 5.52 Å². The zero-order valence-corrected chi connectivity index (χ0v) is 19.2. The van der Waals surface area contributed by atoms with Crippen molar-refractivity contribution in [2.45, 2.75) is 46.1 Å². The maximum atomic E-state index is 11.9. The summed E-state index contributed by atoms with van der Waals surface area (Å²) >= 11 is 5.95. The van der Waals surface area contributed by atoms with E-state index in [2.05, 4.69) is 16.4 Å².